The van der Waals surface area contributed by atoms with Gasteiger partial charge in [-0.3, -0.25) is 9.59 Å². The number of amides is 1. The molecule has 5 nitrogen and oxygen atoms in total. The van der Waals surface area contributed by atoms with Gasteiger partial charge in [0, 0.05) is 32.1 Å². The van der Waals surface area contributed by atoms with Crippen molar-refractivity contribution >= 4 is 11.9 Å². The van der Waals surface area contributed by atoms with E-state index in [9.17, 15) is 18.4 Å². The minimum atomic E-state index is -0.625. The van der Waals surface area contributed by atoms with Crippen molar-refractivity contribution in [2.75, 3.05) is 33.3 Å². The highest BCUT2D eigenvalue weighted by Crippen LogP contribution is 2.41. The maximum atomic E-state index is 13.4. The van der Waals surface area contributed by atoms with Crippen LogP contribution in [0.25, 0.3) is 0 Å². The van der Waals surface area contributed by atoms with Crippen molar-refractivity contribution in [1.82, 2.24) is 9.80 Å². The zero-order valence-electron chi connectivity index (χ0n) is 15.0. The van der Waals surface area contributed by atoms with E-state index in [-0.39, 0.29) is 23.8 Å². The summed E-state index contributed by atoms with van der Waals surface area (Å²) in [5, 5.41) is 0. The van der Waals surface area contributed by atoms with Crippen molar-refractivity contribution in [1.29, 1.82) is 0 Å². The Morgan fingerprint density at radius 1 is 1.19 bits per heavy atom. The minimum absolute atomic E-state index is 0.0395. The highest BCUT2D eigenvalue weighted by molar-refractivity contribution is 5.79. The summed E-state index contributed by atoms with van der Waals surface area (Å²) in [6.45, 7) is 3.21. The number of esters is 1. The van der Waals surface area contributed by atoms with Gasteiger partial charge in [-0.15, -0.1) is 0 Å². The van der Waals surface area contributed by atoms with Gasteiger partial charge in [0.1, 0.15) is 11.6 Å². The Kier molecular flexibility index (Phi) is 5.55. The summed E-state index contributed by atoms with van der Waals surface area (Å²) >= 11 is 0. The van der Waals surface area contributed by atoms with Gasteiger partial charge >= 0.3 is 5.97 Å². The Hall–Kier alpha value is -2.02. The molecular formula is C19H24F2N2O3. The van der Waals surface area contributed by atoms with Gasteiger partial charge < -0.3 is 14.5 Å². The average Bonchev–Trinajstić information content (AvgIpc) is 2.88. The first-order chi connectivity index (χ1) is 12.4. The van der Waals surface area contributed by atoms with Crippen LogP contribution in [0, 0.1) is 17.0 Å². The highest BCUT2D eigenvalue weighted by atomic mass is 19.1. The molecule has 0 N–H and O–H groups in total. The molecule has 2 aliphatic rings. The number of rotatable bonds is 5. The third kappa shape index (κ3) is 4.38. The van der Waals surface area contributed by atoms with Crippen molar-refractivity contribution in [2.24, 2.45) is 5.41 Å². The van der Waals surface area contributed by atoms with E-state index >= 15 is 0 Å². The molecule has 0 unspecified atom stereocenters. The first-order valence-electron chi connectivity index (χ1n) is 8.91. The Labute approximate surface area is 151 Å². The van der Waals surface area contributed by atoms with Crippen molar-refractivity contribution < 1.29 is 23.1 Å². The Balaban J connectivity index is 1.55. The van der Waals surface area contributed by atoms with Gasteiger partial charge in [0.15, 0.2) is 0 Å². The van der Waals surface area contributed by atoms with Crippen LogP contribution >= 0.6 is 0 Å². The second-order valence-corrected chi connectivity index (χ2v) is 7.37. The largest absolute Gasteiger partial charge is 0.469 e. The number of likely N-dealkylation sites (tertiary alicyclic amines) is 2. The molecule has 0 aliphatic carbocycles. The predicted molar refractivity (Wildman–Crippen MR) is 91.1 cm³/mol. The average molecular weight is 366 g/mol. The number of halogens is 2. The van der Waals surface area contributed by atoms with E-state index in [1.54, 1.807) is 4.90 Å². The number of carbonyl (C=O) groups is 2. The summed E-state index contributed by atoms with van der Waals surface area (Å²) in [5.74, 6) is -1.42. The third-order valence-electron chi connectivity index (χ3n) is 5.48. The lowest BCUT2D eigenvalue weighted by Gasteiger charge is -2.38. The molecule has 0 radical (unpaired) electrons. The number of nitrogens with zero attached hydrogens (tertiary/aromatic N) is 2. The summed E-state index contributed by atoms with van der Waals surface area (Å²) in [7, 11) is 1.39. The van der Waals surface area contributed by atoms with Gasteiger partial charge in [0.2, 0.25) is 5.91 Å². The van der Waals surface area contributed by atoms with Crippen molar-refractivity contribution in [2.45, 2.75) is 32.2 Å². The molecule has 0 bridgehead atoms. The molecule has 142 valence electrons. The fourth-order valence-corrected chi connectivity index (χ4v) is 3.99. The number of carbonyl (C=O) groups excluding carboxylic acids is 2. The highest BCUT2D eigenvalue weighted by Gasteiger charge is 2.44. The molecule has 2 saturated heterocycles. The molecule has 2 heterocycles. The lowest BCUT2D eigenvalue weighted by atomic mass is 9.77. The number of piperidine rings is 1. The zero-order chi connectivity index (χ0) is 18.7. The van der Waals surface area contributed by atoms with Gasteiger partial charge in [-0.2, -0.15) is 0 Å². The predicted octanol–water partition coefficient (Wildman–Crippen LogP) is 2.34. The van der Waals surface area contributed by atoms with Crippen LogP contribution in [0.15, 0.2) is 18.2 Å². The topological polar surface area (TPSA) is 49.9 Å². The second-order valence-electron chi connectivity index (χ2n) is 7.37. The van der Waals surface area contributed by atoms with E-state index in [1.807, 2.05) is 0 Å². The Bertz CT molecular complexity index is 667. The van der Waals surface area contributed by atoms with E-state index < -0.39 is 11.6 Å². The molecule has 3 rings (SSSR count). The Morgan fingerprint density at radius 3 is 2.46 bits per heavy atom. The normalized spacial score (nSPS) is 20.0. The molecule has 7 heteroatoms. The quantitative estimate of drug-likeness (QED) is 0.751. The summed E-state index contributed by atoms with van der Waals surface area (Å²) in [6, 6.07) is 3.38. The first-order valence-corrected chi connectivity index (χ1v) is 8.91. The minimum Gasteiger partial charge on any atom is -0.469 e. The molecule has 1 aromatic carbocycles. The second kappa shape index (κ2) is 7.70. The number of ether oxygens (including phenoxy) is 1. The van der Waals surface area contributed by atoms with E-state index in [2.05, 4.69) is 9.64 Å². The number of hydrogen-bond donors (Lipinski definition) is 0. The van der Waals surface area contributed by atoms with E-state index in [4.69, 9.17) is 0 Å². The van der Waals surface area contributed by atoms with Crippen LogP contribution in [-0.4, -0.2) is 55.0 Å². The van der Waals surface area contributed by atoms with Gasteiger partial charge in [0.25, 0.3) is 0 Å². The smallest absolute Gasteiger partial charge is 0.306 e. The standard InChI is InChI=1S/C19H24F2N2O3/c1-26-18(25)2-5-22-6-3-19(4-7-22)11-17(24)23(13-19)12-14-8-15(20)10-16(21)9-14/h8-10H,2-7,11-13H2,1H3. The third-order valence-corrected chi connectivity index (χ3v) is 5.48. The van der Waals surface area contributed by atoms with Crippen molar-refractivity contribution in [3.05, 3.63) is 35.4 Å². The summed E-state index contributed by atoms with van der Waals surface area (Å²) in [4.78, 5) is 27.6. The number of hydrogen-bond acceptors (Lipinski definition) is 4. The van der Waals surface area contributed by atoms with E-state index in [0.717, 1.165) is 32.0 Å². The lowest BCUT2D eigenvalue weighted by Crippen LogP contribution is -2.42. The molecule has 0 saturated carbocycles. The summed E-state index contributed by atoms with van der Waals surface area (Å²) < 4.78 is 31.4. The molecule has 1 spiro atoms. The van der Waals surface area contributed by atoms with Crippen LogP contribution in [0.3, 0.4) is 0 Å². The monoisotopic (exact) mass is 366 g/mol. The Morgan fingerprint density at radius 2 is 1.85 bits per heavy atom. The molecule has 0 aromatic heterocycles. The number of benzene rings is 1. The van der Waals surface area contributed by atoms with Crippen LogP contribution < -0.4 is 0 Å². The summed E-state index contributed by atoms with van der Waals surface area (Å²) in [5.41, 5.74) is 0.411. The van der Waals surface area contributed by atoms with Crippen LogP contribution in [0.1, 0.15) is 31.2 Å². The van der Waals surface area contributed by atoms with Gasteiger partial charge in [-0.05, 0) is 49.0 Å². The molecule has 0 atom stereocenters. The fourth-order valence-electron chi connectivity index (χ4n) is 3.99. The van der Waals surface area contributed by atoms with Crippen LogP contribution in [0.5, 0.6) is 0 Å². The first kappa shape index (κ1) is 18.8. The van der Waals surface area contributed by atoms with Gasteiger partial charge in [0.05, 0.1) is 13.5 Å². The van der Waals surface area contributed by atoms with Gasteiger partial charge in [-0.25, -0.2) is 8.78 Å². The molecule has 1 aromatic rings. The maximum absolute atomic E-state index is 13.4. The zero-order valence-corrected chi connectivity index (χ0v) is 15.0. The molecule has 2 aliphatic heterocycles. The number of methoxy groups -OCH3 is 1. The molecule has 2 fully saturated rings. The molecule has 26 heavy (non-hydrogen) atoms. The van der Waals surface area contributed by atoms with Crippen molar-refractivity contribution in [3.63, 3.8) is 0 Å². The van der Waals surface area contributed by atoms with Crippen LogP contribution in [-0.2, 0) is 20.9 Å². The van der Waals surface area contributed by atoms with Gasteiger partial charge in [-0.1, -0.05) is 0 Å². The lowest BCUT2D eigenvalue weighted by molar-refractivity contribution is -0.141. The maximum Gasteiger partial charge on any atom is 0.306 e. The fraction of sp³-hybridized carbons (Fsp3) is 0.579. The van der Waals surface area contributed by atoms with Crippen LogP contribution in [0.4, 0.5) is 8.78 Å². The van der Waals surface area contributed by atoms with Crippen molar-refractivity contribution in [3.8, 4) is 0 Å². The summed E-state index contributed by atoms with van der Waals surface area (Å²) in [6.07, 6.45) is 2.62. The van der Waals surface area contributed by atoms with Crippen LogP contribution in [0.2, 0.25) is 0 Å². The van der Waals surface area contributed by atoms with E-state index in [1.165, 1.54) is 19.2 Å². The molecule has 1 amide bonds. The van der Waals surface area contributed by atoms with E-state index in [0.29, 0.717) is 31.5 Å². The SMILES string of the molecule is COC(=O)CCN1CCC2(CC1)CC(=O)N(Cc1cc(F)cc(F)c1)C2. The molecular weight excluding hydrogens is 342 g/mol.